The van der Waals surface area contributed by atoms with Crippen LogP contribution in [0.15, 0.2) is 6.33 Å². The molecule has 0 atom stereocenters. The Bertz CT molecular complexity index is 288. The molecule has 80 valence electrons. The van der Waals surface area contributed by atoms with Gasteiger partial charge in [0.15, 0.2) is 0 Å². The Hall–Kier alpha value is -0.900. The molecule has 0 amide bonds. The summed E-state index contributed by atoms with van der Waals surface area (Å²) in [4.78, 5) is 0. The molecule has 0 bridgehead atoms. The van der Waals surface area contributed by atoms with Crippen LogP contribution in [0.25, 0.3) is 0 Å². The molecule has 1 rings (SSSR count). The van der Waals surface area contributed by atoms with E-state index in [0.717, 1.165) is 12.4 Å². The molecule has 0 unspecified atom stereocenters. The van der Waals surface area contributed by atoms with Gasteiger partial charge >= 0.3 is 0 Å². The molecule has 4 nitrogen and oxygen atoms in total. The second-order valence-electron chi connectivity index (χ2n) is 4.79. The zero-order chi connectivity index (χ0) is 10.8. The fraction of sp³-hybridized carbons (Fsp3) is 0.800. The molecule has 0 saturated heterocycles. The SMILES string of the molecule is CC(C)Cn1cnnc1C(C)(C)CN. The maximum Gasteiger partial charge on any atom is 0.139 e. The standard InChI is InChI=1S/C10H20N4/c1-8(2)5-14-7-12-13-9(14)10(3,4)6-11/h7-8H,5-6,11H2,1-4H3. The topological polar surface area (TPSA) is 56.7 Å². The molecule has 0 aliphatic carbocycles. The Morgan fingerprint density at radius 1 is 1.50 bits per heavy atom. The van der Waals surface area contributed by atoms with Crippen molar-refractivity contribution in [1.29, 1.82) is 0 Å². The first-order valence-electron chi connectivity index (χ1n) is 5.05. The van der Waals surface area contributed by atoms with Crippen molar-refractivity contribution in [3.8, 4) is 0 Å². The van der Waals surface area contributed by atoms with Crippen molar-refractivity contribution >= 4 is 0 Å². The van der Waals surface area contributed by atoms with Gasteiger partial charge in [-0.25, -0.2) is 0 Å². The lowest BCUT2D eigenvalue weighted by Crippen LogP contribution is -2.32. The molecule has 0 aliphatic rings. The van der Waals surface area contributed by atoms with E-state index >= 15 is 0 Å². The molecule has 1 aromatic rings. The molecule has 0 fully saturated rings. The van der Waals surface area contributed by atoms with Gasteiger partial charge in [-0.15, -0.1) is 10.2 Å². The summed E-state index contributed by atoms with van der Waals surface area (Å²) in [5.74, 6) is 1.58. The average Bonchev–Trinajstić information content (AvgIpc) is 2.52. The maximum absolute atomic E-state index is 5.72. The summed E-state index contributed by atoms with van der Waals surface area (Å²) in [6.45, 7) is 10.1. The Kier molecular flexibility index (Phi) is 3.26. The van der Waals surface area contributed by atoms with E-state index in [4.69, 9.17) is 5.73 Å². The van der Waals surface area contributed by atoms with E-state index < -0.39 is 0 Å². The molecular formula is C10H20N4. The Labute approximate surface area is 85.5 Å². The van der Waals surface area contributed by atoms with Crippen molar-refractivity contribution in [3.63, 3.8) is 0 Å². The van der Waals surface area contributed by atoms with E-state index in [2.05, 4.69) is 42.5 Å². The van der Waals surface area contributed by atoms with E-state index in [0.29, 0.717) is 12.5 Å². The molecule has 4 heteroatoms. The van der Waals surface area contributed by atoms with Crippen molar-refractivity contribution in [2.75, 3.05) is 6.54 Å². The summed E-state index contributed by atoms with van der Waals surface area (Å²) in [7, 11) is 0. The Morgan fingerprint density at radius 2 is 2.14 bits per heavy atom. The van der Waals surface area contributed by atoms with E-state index in [9.17, 15) is 0 Å². The van der Waals surface area contributed by atoms with Crippen LogP contribution in [0.1, 0.15) is 33.5 Å². The molecule has 0 aromatic carbocycles. The normalized spacial score (nSPS) is 12.4. The highest BCUT2D eigenvalue weighted by Crippen LogP contribution is 2.19. The minimum absolute atomic E-state index is 0.0919. The summed E-state index contributed by atoms with van der Waals surface area (Å²) < 4.78 is 2.09. The van der Waals surface area contributed by atoms with Crippen molar-refractivity contribution in [3.05, 3.63) is 12.2 Å². The smallest absolute Gasteiger partial charge is 0.139 e. The van der Waals surface area contributed by atoms with Crippen LogP contribution in [0, 0.1) is 5.92 Å². The van der Waals surface area contributed by atoms with Crippen LogP contribution in [0.5, 0.6) is 0 Å². The monoisotopic (exact) mass is 196 g/mol. The Balaban J connectivity index is 2.92. The lowest BCUT2D eigenvalue weighted by atomic mass is 9.92. The molecule has 0 aliphatic heterocycles. The zero-order valence-electron chi connectivity index (χ0n) is 9.49. The summed E-state index contributed by atoms with van der Waals surface area (Å²) >= 11 is 0. The fourth-order valence-corrected chi connectivity index (χ4v) is 1.40. The third kappa shape index (κ3) is 2.32. The maximum atomic E-state index is 5.72. The minimum atomic E-state index is -0.0919. The molecule has 14 heavy (non-hydrogen) atoms. The number of aromatic nitrogens is 3. The largest absolute Gasteiger partial charge is 0.329 e. The first-order chi connectivity index (χ1) is 6.47. The Morgan fingerprint density at radius 3 is 2.64 bits per heavy atom. The van der Waals surface area contributed by atoms with Crippen molar-refractivity contribution in [2.45, 2.75) is 39.7 Å². The lowest BCUT2D eigenvalue weighted by Gasteiger charge is -2.22. The van der Waals surface area contributed by atoms with Crippen LogP contribution < -0.4 is 5.73 Å². The van der Waals surface area contributed by atoms with Crippen LogP contribution in [0.3, 0.4) is 0 Å². The average molecular weight is 196 g/mol. The number of rotatable bonds is 4. The van der Waals surface area contributed by atoms with E-state index in [1.165, 1.54) is 0 Å². The van der Waals surface area contributed by atoms with Gasteiger partial charge in [0.05, 0.1) is 0 Å². The van der Waals surface area contributed by atoms with Crippen molar-refractivity contribution in [2.24, 2.45) is 11.7 Å². The molecular weight excluding hydrogens is 176 g/mol. The number of nitrogens with zero attached hydrogens (tertiary/aromatic N) is 3. The number of hydrogen-bond donors (Lipinski definition) is 1. The van der Waals surface area contributed by atoms with Crippen LogP contribution in [-0.4, -0.2) is 21.3 Å². The second-order valence-corrected chi connectivity index (χ2v) is 4.79. The quantitative estimate of drug-likeness (QED) is 0.786. The van der Waals surface area contributed by atoms with Gasteiger partial charge in [-0.1, -0.05) is 27.7 Å². The molecule has 1 heterocycles. The van der Waals surface area contributed by atoms with Gasteiger partial charge in [0.2, 0.25) is 0 Å². The predicted octanol–water partition coefficient (Wildman–Crippen LogP) is 1.17. The number of hydrogen-bond acceptors (Lipinski definition) is 3. The third-order valence-corrected chi connectivity index (χ3v) is 2.29. The van der Waals surface area contributed by atoms with Gasteiger partial charge in [0.1, 0.15) is 12.2 Å². The summed E-state index contributed by atoms with van der Waals surface area (Å²) in [5, 5.41) is 8.09. The highest BCUT2D eigenvalue weighted by atomic mass is 15.3. The summed E-state index contributed by atoms with van der Waals surface area (Å²) in [5.41, 5.74) is 5.62. The molecule has 2 N–H and O–H groups in total. The summed E-state index contributed by atoms with van der Waals surface area (Å²) in [6, 6.07) is 0. The predicted molar refractivity (Wildman–Crippen MR) is 56.9 cm³/mol. The van der Waals surface area contributed by atoms with Gasteiger partial charge in [-0.05, 0) is 5.92 Å². The number of nitrogens with two attached hydrogens (primary N) is 1. The van der Waals surface area contributed by atoms with Crippen molar-refractivity contribution in [1.82, 2.24) is 14.8 Å². The third-order valence-electron chi connectivity index (χ3n) is 2.29. The highest BCUT2D eigenvalue weighted by molar-refractivity contribution is 5.04. The van der Waals surface area contributed by atoms with Gasteiger partial charge < -0.3 is 10.3 Å². The minimum Gasteiger partial charge on any atom is -0.329 e. The lowest BCUT2D eigenvalue weighted by molar-refractivity contribution is 0.433. The van der Waals surface area contributed by atoms with Crippen LogP contribution in [0.2, 0.25) is 0 Å². The van der Waals surface area contributed by atoms with Crippen molar-refractivity contribution < 1.29 is 0 Å². The van der Waals surface area contributed by atoms with E-state index in [1.807, 2.05) is 0 Å². The summed E-state index contributed by atoms with van der Waals surface area (Å²) in [6.07, 6.45) is 1.78. The zero-order valence-corrected chi connectivity index (χ0v) is 9.49. The molecule has 1 aromatic heterocycles. The van der Waals surface area contributed by atoms with Gasteiger partial charge in [0, 0.05) is 18.5 Å². The van der Waals surface area contributed by atoms with Gasteiger partial charge in [-0.3, -0.25) is 0 Å². The first-order valence-corrected chi connectivity index (χ1v) is 5.05. The fourth-order valence-electron chi connectivity index (χ4n) is 1.40. The van der Waals surface area contributed by atoms with Crippen LogP contribution in [0.4, 0.5) is 0 Å². The van der Waals surface area contributed by atoms with E-state index in [-0.39, 0.29) is 5.41 Å². The van der Waals surface area contributed by atoms with Gasteiger partial charge in [-0.2, -0.15) is 0 Å². The van der Waals surface area contributed by atoms with Gasteiger partial charge in [0.25, 0.3) is 0 Å². The van der Waals surface area contributed by atoms with E-state index in [1.54, 1.807) is 6.33 Å². The van der Waals surface area contributed by atoms with Crippen LogP contribution in [-0.2, 0) is 12.0 Å². The molecule has 0 radical (unpaired) electrons. The highest BCUT2D eigenvalue weighted by Gasteiger charge is 2.24. The molecule has 0 spiro atoms. The molecule has 0 saturated carbocycles. The first kappa shape index (κ1) is 11.2. The van der Waals surface area contributed by atoms with Crippen LogP contribution >= 0.6 is 0 Å². The second kappa shape index (κ2) is 4.09.